The summed E-state index contributed by atoms with van der Waals surface area (Å²) < 4.78 is 33.7. The lowest BCUT2D eigenvalue weighted by Crippen LogP contribution is -2.26. The van der Waals surface area contributed by atoms with E-state index in [4.69, 9.17) is 4.74 Å². The van der Waals surface area contributed by atoms with E-state index in [0.29, 0.717) is 12.4 Å². The number of hydrogen-bond donors (Lipinski definition) is 1. The first-order valence-corrected chi connectivity index (χ1v) is 9.20. The maximum absolute atomic E-state index is 12.4. The molecule has 0 aliphatic rings. The molecule has 0 saturated carbocycles. The third-order valence-corrected chi connectivity index (χ3v) is 5.18. The van der Waals surface area contributed by atoms with Crippen molar-refractivity contribution >= 4 is 26.0 Å². The molecule has 0 aromatic heterocycles. The smallest absolute Gasteiger partial charge is 0.241 e. The lowest BCUT2D eigenvalue weighted by Gasteiger charge is -2.15. The first-order valence-electron chi connectivity index (χ1n) is 6.93. The topological polar surface area (TPSA) is 55.4 Å². The van der Waals surface area contributed by atoms with Crippen LogP contribution in [0.2, 0.25) is 0 Å². The van der Waals surface area contributed by atoms with Crippen LogP contribution in [0.15, 0.2) is 57.9 Å². The average Bonchev–Trinajstić information content (AvgIpc) is 2.48. The van der Waals surface area contributed by atoms with Crippen LogP contribution in [-0.2, 0) is 10.0 Å². The van der Waals surface area contributed by atoms with E-state index in [0.717, 1.165) is 10.0 Å². The number of benzene rings is 2. The minimum atomic E-state index is -3.57. The molecule has 0 amide bonds. The van der Waals surface area contributed by atoms with Crippen LogP contribution >= 0.6 is 15.9 Å². The lowest BCUT2D eigenvalue weighted by molar-refractivity contribution is 0.340. The molecule has 118 valence electrons. The molecule has 2 aromatic rings. The van der Waals surface area contributed by atoms with Crippen molar-refractivity contribution in [2.75, 3.05) is 6.61 Å². The van der Waals surface area contributed by atoms with Crippen LogP contribution in [0, 0.1) is 0 Å². The summed E-state index contributed by atoms with van der Waals surface area (Å²) >= 11 is 3.39. The van der Waals surface area contributed by atoms with Gasteiger partial charge in [0.1, 0.15) is 5.75 Å². The van der Waals surface area contributed by atoms with Gasteiger partial charge in [0.25, 0.3) is 0 Å². The molecule has 0 fully saturated rings. The highest BCUT2D eigenvalue weighted by molar-refractivity contribution is 9.10. The Morgan fingerprint density at radius 2 is 1.86 bits per heavy atom. The molecule has 0 aliphatic carbocycles. The maximum Gasteiger partial charge on any atom is 0.241 e. The molecule has 0 saturated heterocycles. The molecule has 0 heterocycles. The van der Waals surface area contributed by atoms with Gasteiger partial charge in [-0.2, -0.15) is 0 Å². The van der Waals surface area contributed by atoms with Gasteiger partial charge in [-0.05, 0) is 55.8 Å². The molecule has 4 nitrogen and oxygen atoms in total. The molecule has 1 N–H and O–H groups in total. The Labute approximate surface area is 139 Å². The fourth-order valence-corrected chi connectivity index (χ4v) is 3.68. The van der Waals surface area contributed by atoms with Gasteiger partial charge in [-0.15, -0.1) is 0 Å². The summed E-state index contributed by atoms with van der Waals surface area (Å²) in [6, 6.07) is 13.6. The van der Waals surface area contributed by atoms with Crippen LogP contribution in [-0.4, -0.2) is 15.0 Å². The number of rotatable bonds is 6. The Kier molecular flexibility index (Phi) is 5.61. The quantitative estimate of drug-likeness (QED) is 0.822. The van der Waals surface area contributed by atoms with Crippen molar-refractivity contribution in [3.8, 4) is 5.75 Å². The van der Waals surface area contributed by atoms with Crippen molar-refractivity contribution in [3.63, 3.8) is 0 Å². The first kappa shape index (κ1) is 17.0. The first-order chi connectivity index (χ1) is 10.4. The molecule has 2 rings (SSSR count). The summed E-state index contributed by atoms with van der Waals surface area (Å²) in [4.78, 5) is 0.220. The number of sulfonamides is 1. The summed E-state index contributed by atoms with van der Waals surface area (Å²) in [7, 11) is -3.57. The van der Waals surface area contributed by atoms with Crippen LogP contribution in [0.25, 0.3) is 0 Å². The summed E-state index contributed by atoms with van der Waals surface area (Å²) in [5.41, 5.74) is 0.892. The number of ether oxygens (including phenoxy) is 1. The summed E-state index contributed by atoms with van der Waals surface area (Å²) in [6.07, 6.45) is 0. The molecule has 0 bridgehead atoms. The fraction of sp³-hybridized carbons (Fsp3) is 0.250. The third kappa shape index (κ3) is 4.32. The number of halogens is 1. The molecule has 0 radical (unpaired) electrons. The predicted octanol–water partition coefficient (Wildman–Crippen LogP) is 3.89. The Morgan fingerprint density at radius 1 is 1.18 bits per heavy atom. The van der Waals surface area contributed by atoms with E-state index >= 15 is 0 Å². The van der Waals surface area contributed by atoms with E-state index in [2.05, 4.69) is 20.7 Å². The third-order valence-electron chi connectivity index (χ3n) is 3.13. The average molecular weight is 384 g/mol. The van der Waals surface area contributed by atoms with Crippen molar-refractivity contribution in [2.45, 2.75) is 24.8 Å². The molecule has 0 spiro atoms. The van der Waals surface area contributed by atoms with Gasteiger partial charge in [0.2, 0.25) is 10.0 Å². The summed E-state index contributed by atoms with van der Waals surface area (Å²) in [6.45, 7) is 4.24. The van der Waals surface area contributed by atoms with E-state index < -0.39 is 10.0 Å². The van der Waals surface area contributed by atoms with Gasteiger partial charge >= 0.3 is 0 Å². The lowest BCUT2D eigenvalue weighted by atomic mass is 10.1. The molecule has 0 aliphatic heterocycles. The highest BCUT2D eigenvalue weighted by Crippen LogP contribution is 2.21. The van der Waals surface area contributed by atoms with Crippen LogP contribution in [0.3, 0.4) is 0 Å². The zero-order valence-electron chi connectivity index (χ0n) is 12.4. The molecule has 2 aromatic carbocycles. The van der Waals surface area contributed by atoms with E-state index in [1.807, 2.05) is 38.1 Å². The zero-order chi connectivity index (χ0) is 16.2. The molecule has 6 heteroatoms. The standard InChI is InChI=1S/C16H18BrNO3S/c1-3-21-15-7-9-16(10-8-15)22(19,20)18-12(2)13-5-4-6-14(17)11-13/h4-12,18H,3H2,1-2H3/t12-/m0/s1. The summed E-state index contributed by atoms with van der Waals surface area (Å²) in [5, 5.41) is 0. The predicted molar refractivity (Wildman–Crippen MR) is 90.5 cm³/mol. The van der Waals surface area contributed by atoms with Gasteiger partial charge in [0, 0.05) is 10.5 Å². The van der Waals surface area contributed by atoms with Gasteiger partial charge in [0.05, 0.1) is 11.5 Å². The SMILES string of the molecule is CCOc1ccc(S(=O)(=O)N[C@@H](C)c2cccc(Br)c2)cc1. The molecular formula is C16H18BrNO3S. The van der Waals surface area contributed by atoms with Gasteiger partial charge in [0.15, 0.2) is 0 Å². The van der Waals surface area contributed by atoms with Crippen LogP contribution in [0.1, 0.15) is 25.5 Å². The van der Waals surface area contributed by atoms with E-state index in [1.54, 1.807) is 24.3 Å². The largest absolute Gasteiger partial charge is 0.494 e. The van der Waals surface area contributed by atoms with Crippen molar-refractivity contribution in [1.29, 1.82) is 0 Å². The van der Waals surface area contributed by atoms with Crippen LogP contribution in [0.4, 0.5) is 0 Å². The zero-order valence-corrected chi connectivity index (χ0v) is 14.8. The monoisotopic (exact) mass is 383 g/mol. The second kappa shape index (κ2) is 7.26. The van der Waals surface area contributed by atoms with E-state index in [9.17, 15) is 8.42 Å². The Balaban J connectivity index is 2.16. The highest BCUT2D eigenvalue weighted by atomic mass is 79.9. The van der Waals surface area contributed by atoms with Crippen LogP contribution in [0.5, 0.6) is 5.75 Å². The second-order valence-electron chi connectivity index (χ2n) is 4.80. The fourth-order valence-electron chi connectivity index (χ4n) is 2.03. The van der Waals surface area contributed by atoms with Crippen molar-refractivity contribution in [1.82, 2.24) is 4.72 Å². The van der Waals surface area contributed by atoms with E-state index in [-0.39, 0.29) is 10.9 Å². The number of hydrogen-bond acceptors (Lipinski definition) is 3. The van der Waals surface area contributed by atoms with Crippen LogP contribution < -0.4 is 9.46 Å². The molecule has 22 heavy (non-hydrogen) atoms. The molecule has 0 unspecified atom stereocenters. The normalized spacial score (nSPS) is 12.9. The van der Waals surface area contributed by atoms with Crippen molar-refractivity contribution in [3.05, 3.63) is 58.6 Å². The van der Waals surface area contributed by atoms with E-state index in [1.165, 1.54) is 0 Å². The number of nitrogens with one attached hydrogen (secondary N) is 1. The molecule has 1 atom stereocenters. The second-order valence-corrected chi connectivity index (χ2v) is 7.43. The van der Waals surface area contributed by atoms with Gasteiger partial charge in [-0.3, -0.25) is 0 Å². The minimum Gasteiger partial charge on any atom is -0.494 e. The van der Waals surface area contributed by atoms with Gasteiger partial charge < -0.3 is 4.74 Å². The van der Waals surface area contributed by atoms with Crippen molar-refractivity contribution in [2.24, 2.45) is 0 Å². The maximum atomic E-state index is 12.4. The Bertz CT molecular complexity index is 729. The van der Waals surface area contributed by atoms with Crippen molar-refractivity contribution < 1.29 is 13.2 Å². The summed E-state index contributed by atoms with van der Waals surface area (Å²) in [5.74, 6) is 0.654. The highest BCUT2D eigenvalue weighted by Gasteiger charge is 2.18. The Morgan fingerprint density at radius 3 is 2.45 bits per heavy atom. The van der Waals surface area contributed by atoms with Gasteiger partial charge in [-0.25, -0.2) is 13.1 Å². The van der Waals surface area contributed by atoms with Gasteiger partial charge in [-0.1, -0.05) is 28.1 Å². The Hall–Kier alpha value is -1.37. The minimum absolute atomic E-state index is 0.220. The molecular weight excluding hydrogens is 366 g/mol.